The van der Waals surface area contributed by atoms with Crippen molar-refractivity contribution in [3.8, 4) is 0 Å². The van der Waals surface area contributed by atoms with Crippen molar-refractivity contribution in [1.82, 2.24) is 10.0 Å². The van der Waals surface area contributed by atoms with Crippen LogP contribution in [0.5, 0.6) is 0 Å². The highest BCUT2D eigenvalue weighted by Gasteiger charge is 2.19. The zero-order chi connectivity index (χ0) is 16.2. The first-order valence-corrected chi connectivity index (χ1v) is 8.99. The number of carbonyl (C=O) groups is 1. The first-order valence-electron chi connectivity index (χ1n) is 7.12. The number of nitrogens with one attached hydrogen (secondary N) is 2. The second kappa shape index (κ2) is 7.39. The molecule has 1 saturated carbocycles. The number of carbonyl (C=O) groups excluding carboxylic acids is 1. The van der Waals surface area contributed by atoms with Gasteiger partial charge in [-0.25, -0.2) is 17.5 Å². The number of hydrogen-bond acceptors (Lipinski definition) is 3. The lowest BCUT2D eigenvalue weighted by molar-refractivity contribution is -0.120. The second-order valence-electron chi connectivity index (χ2n) is 5.30. The number of hydrogen-bond donors (Lipinski definition) is 2. The van der Waals surface area contributed by atoms with Crippen molar-refractivity contribution in [2.75, 3.05) is 6.54 Å². The van der Waals surface area contributed by atoms with Crippen molar-refractivity contribution in [2.45, 2.75) is 43.0 Å². The number of benzene rings is 1. The molecule has 0 radical (unpaired) electrons. The van der Waals surface area contributed by atoms with E-state index < -0.39 is 15.8 Å². The molecule has 22 heavy (non-hydrogen) atoms. The number of rotatable bonds is 5. The van der Waals surface area contributed by atoms with Gasteiger partial charge in [0.15, 0.2) is 0 Å². The molecule has 1 amide bonds. The number of amides is 1. The average Bonchev–Trinajstić information content (AvgIpc) is 2.49. The van der Waals surface area contributed by atoms with Crippen LogP contribution >= 0.6 is 11.6 Å². The first kappa shape index (κ1) is 17.2. The highest BCUT2D eigenvalue weighted by atomic mass is 35.5. The lowest BCUT2D eigenvalue weighted by atomic mass is 9.95. The summed E-state index contributed by atoms with van der Waals surface area (Å²) < 4.78 is 39.3. The Bertz CT molecular complexity index is 645. The summed E-state index contributed by atoms with van der Waals surface area (Å²) in [5.74, 6) is -1.07. The molecule has 1 aromatic carbocycles. The van der Waals surface area contributed by atoms with Crippen LogP contribution < -0.4 is 10.0 Å². The molecule has 0 heterocycles. The smallest absolute Gasteiger partial charge is 0.241 e. The topological polar surface area (TPSA) is 75.3 Å². The standard InChI is InChI=1S/C14H18ClFN2O3S/c15-12-8-11(6-7-13(12)16)22(20,21)17-9-14(19)18-10-4-2-1-3-5-10/h6-8,10,17H,1-5,9H2,(H,18,19). The SMILES string of the molecule is O=C(CNS(=O)(=O)c1ccc(F)c(Cl)c1)NC1CCCCC1. The van der Waals surface area contributed by atoms with Crippen LogP contribution in [0.2, 0.25) is 5.02 Å². The van der Waals surface area contributed by atoms with Crippen molar-refractivity contribution in [2.24, 2.45) is 0 Å². The predicted octanol–water partition coefficient (Wildman–Crippen LogP) is 2.21. The van der Waals surface area contributed by atoms with E-state index in [1.165, 1.54) is 6.42 Å². The minimum atomic E-state index is -3.90. The quantitative estimate of drug-likeness (QED) is 0.856. The summed E-state index contributed by atoms with van der Waals surface area (Å²) in [6.07, 6.45) is 5.16. The molecular formula is C14H18ClFN2O3S. The molecule has 2 rings (SSSR count). The van der Waals surface area contributed by atoms with Crippen LogP contribution in [0.25, 0.3) is 0 Å². The summed E-state index contributed by atoms with van der Waals surface area (Å²) in [7, 11) is -3.90. The van der Waals surface area contributed by atoms with Crippen molar-refractivity contribution in [1.29, 1.82) is 0 Å². The van der Waals surface area contributed by atoms with Gasteiger partial charge in [-0.3, -0.25) is 4.79 Å². The Morgan fingerprint density at radius 3 is 2.59 bits per heavy atom. The monoisotopic (exact) mass is 348 g/mol. The molecule has 0 aromatic heterocycles. The molecule has 1 aromatic rings. The van der Waals surface area contributed by atoms with Gasteiger partial charge >= 0.3 is 0 Å². The first-order chi connectivity index (χ1) is 10.4. The van der Waals surface area contributed by atoms with E-state index in [1.54, 1.807) is 0 Å². The third kappa shape index (κ3) is 4.66. The van der Waals surface area contributed by atoms with E-state index >= 15 is 0 Å². The highest BCUT2D eigenvalue weighted by Crippen LogP contribution is 2.19. The predicted molar refractivity (Wildman–Crippen MR) is 81.6 cm³/mol. The number of halogens is 2. The molecule has 1 aliphatic carbocycles. The zero-order valence-electron chi connectivity index (χ0n) is 11.9. The summed E-state index contributed by atoms with van der Waals surface area (Å²) in [6, 6.07) is 3.20. The van der Waals surface area contributed by atoms with Gasteiger partial charge in [0.1, 0.15) is 5.82 Å². The van der Waals surface area contributed by atoms with Crippen molar-refractivity contribution < 1.29 is 17.6 Å². The van der Waals surface area contributed by atoms with E-state index in [0.29, 0.717) is 0 Å². The van der Waals surface area contributed by atoms with Gasteiger partial charge in [0.05, 0.1) is 16.5 Å². The van der Waals surface area contributed by atoms with E-state index in [2.05, 4.69) is 10.0 Å². The van der Waals surface area contributed by atoms with Crippen molar-refractivity contribution in [3.05, 3.63) is 29.0 Å². The van der Waals surface area contributed by atoms with Crippen LogP contribution in [0.15, 0.2) is 23.1 Å². The summed E-state index contributed by atoms with van der Waals surface area (Å²) in [6.45, 7) is -0.353. The van der Waals surface area contributed by atoms with Crippen LogP contribution in [-0.4, -0.2) is 26.9 Å². The Hall–Kier alpha value is -1.18. The molecule has 122 valence electrons. The number of sulfonamides is 1. The third-order valence-electron chi connectivity index (χ3n) is 3.59. The molecule has 0 spiro atoms. The van der Waals surface area contributed by atoms with Gasteiger partial charge in [-0.2, -0.15) is 0 Å². The molecular weight excluding hydrogens is 331 g/mol. The molecule has 5 nitrogen and oxygen atoms in total. The zero-order valence-corrected chi connectivity index (χ0v) is 13.5. The van der Waals surface area contributed by atoms with Gasteiger partial charge in [0.25, 0.3) is 0 Å². The van der Waals surface area contributed by atoms with Gasteiger partial charge in [-0.05, 0) is 31.0 Å². The van der Waals surface area contributed by atoms with E-state index in [9.17, 15) is 17.6 Å². The fraction of sp³-hybridized carbons (Fsp3) is 0.500. The Balaban J connectivity index is 1.91. The summed E-state index contributed by atoms with van der Waals surface area (Å²) in [5, 5.41) is 2.53. The summed E-state index contributed by atoms with van der Waals surface area (Å²) in [5.41, 5.74) is 0. The van der Waals surface area contributed by atoms with E-state index in [0.717, 1.165) is 43.9 Å². The van der Waals surface area contributed by atoms with Crippen molar-refractivity contribution in [3.63, 3.8) is 0 Å². The molecule has 0 bridgehead atoms. The highest BCUT2D eigenvalue weighted by molar-refractivity contribution is 7.89. The fourth-order valence-corrected chi connectivity index (χ4v) is 3.67. The minimum Gasteiger partial charge on any atom is -0.352 e. The molecule has 0 atom stereocenters. The second-order valence-corrected chi connectivity index (χ2v) is 7.48. The largest absolute Gasteiger partial charge is 0.352 e. The van der Waals surface area contributed by atoms with Gasteiger partial charge < -0.3 is 5.32 Å². The normalized spacial score (nSPS) is 16.5. The molecule has 0 unspecified atom stereocenters. The Kier molecular flexibility index (Phi) is 5.77. The maximum Gasteiger partial charge on any atom is 0.241 e. The Labute approximate surface area is 134 Å². The van der Waals surface area contributed by atoms with Crippen LogP contribution in [0, 0.1) is 5.82 Å². The average molecular weight is 349 g/mol. The minimum absolute atomic E-state index is 0.117. The molecule has 1 fully saturated rings. The van der Waals surface area contributed by atoms with E-state index in [-0.39, 0.29) is 28.4 Å². The van der Waals surface area contributed by atoms with Crippen LogP contribution in [0.4, 0.5) is 4.39 Å². The lowest BCUT2D eigenvalue weighted by Gasteiger charge is -2.22. The Morgan fingerprint density at radius 1 is 1.27 bits per heavy atom. The molecule has 2 N–H and O–H groups in total. The van der Waals surface area contributed by atoms with Gasteiger partial charge in [-0.15, -0.1) is 0 Å². The van der Waals surface area contributed by atoms with Crippen LogP contribution in [0.3, 0.4) is 0 Å². The fourth-order valence-electron chi connectivity index (χ4n) is 2.41. The van der Waals surface area contributed by atoms with Gasteiger partial charge in [0, 0.05) is 6.04 Å². The van der Waals surface area contributed by atoms with Crippen LogP contribution in [-0.2, 0) is 14.8 Å². The molecule has 0 aliphatic heterocycles. The van der Waals surface area contributed by atoms with Crippen molar-refractivity contribution >= 4 is 27.5 Å². The molecule has 8 heteroatoms. The molecule has 1 aliphatic rings. The summed E-state index contributed by atoms with van der Waals surface area (Å²) >= 11 is 5.56. The van der Waals surface area contributed by atoms with E-state index in [4.69, 9.17) is 11.6 Å². The van der Waals surface area contributed by atoms with Gasteiger partial charge in [-0.1, -0.05) is 30.9 Å². The maximum atomic E-state index is 13.1. The van der Waals surface area contributed by atoms with E-state index in [1.807, 2.05) is 0 Å². The Morgan fingerprint density at radius 2 is 1.95 bits per heavy atom. The lowest BCUT2D eigenvalue weighted by Crippen LogP contribution is -2.42. The molecule has 0 saturated heterocycles. The maximum absolute atomic E-state index is 13.1. The van der Waals surface area contributed by atoms with Crippen LogP contribution in [0.1, 0.15) is 32.1 Å². The summed E-state index contributed by atoms with van der Waals surface area (Å²) in [4.78, 5) is 11.6. The third-order valence-corrected chi connectivity index (χ3v) is 5.28. The van der Waals surface area contributed by atoms with Gasteiger partial charge in [0.2, 0.25) is 15.9 Å².